The van der Waals surface area contributed by atoms with Crippen molar-refractivity contribution in [1.82, 2.24) is 19.5 Å². The van der Waals surface area contributed by atoms with Crippen LogP contribution in [0.25, 0.3) is 116 Å². The lowest BCUT2D eigenvalue weighted by Gasteiger charge is -2.18. The number of fused-ring (bicyclic) bond motifs is 7. The normalized spacial score (nSPS) is 11.6. The van der Waals surface area contributed by atoms with Crippen molar-refractivity contribution in [3.8, 4) is 62.1 Å². The third-order valence-corrected chi connectivity index (χ3v) is 12.0. The molecule has 0 N–H and O–H groups in total. The van der Waals surface area contributed by atoms with Gasteiger partial charge in [-0.3, -0.25) is 0 Å². The first-order chi connectivity index (χ1) is 30.2. The highest BCUT2D eigenvalue weighted by Gasteiger charge is 2.22. The fourth-order valence-electron chi connectivity index (χ4n) is 9.08. The molecule has 12 rings (SSSR count). The molecule has 2 heterocycles. The summed E-state index contributed by atoms with van der Waals surface area (Å²) in [5.41, 5.74) is 10.6. The molecule has 0 spiro atoms. The van der Waals surface area contributed by atoms with Crippen molar-refractivity contribution < 1.29 is 0 Å². The zero-order chi connectivity index (χ0) is 40.3. The van der Waals surface area contributed by atoms with Crippen LogP contribution < -0.4 is 0 Å². The summed E-state index contributed by atoms with van der Waals surface area (Å²) >= 11 is 0. The van der Waals surface area contributed by atoms with Crippen molar-refractivity contribution in [3.05, 3.63) is 218 Å². The van der Waals surface area contributed by atoms with E-state index in [1.807, 2.05) is 18.2 Å². The molecular formula is C57H36N4. The number of hydrogen-bond donors (Lipinski definition) is 0. The largest absolute Gasteiger partial charge is 0.309 e. The Balaban J connectivity index is 1.17. The van der Waals surface area contributed by atoms with Crippen molar-refractivity contribution in [2.24, 2.45) is 0 Å². The van der Waals surface area contributed by atoms with Crippen molar-refractivity contribution >= 4 is 54.1 Å². The van der Waals surface area contributed by atoms with Crippen molar-refractivity contribution in [3.63, 3.8) is 0 Å². The third kappa shape index (κ3) is 5.96. The second-order valence-corrected chi connectivity index (χ2v) is 15.6. The number of benzene rings is 10. The fraction of sp³-hybridized carbons (Fsp3) is 0. The van der Waals surface area contributed by atoms with E-state index in [2.05, 4.69) is 205 Å². The van der Waals surface area contributed by atoms with Gasteiger partial charge in [0.2, 0.25) is 0 Å². The zero-order valence-electron chi connectivity index (χ0n) is 33.1. The number of hydrogen-bond acceptors (Lipinski definition) is 3. The molecule has 0 saturated heterocycles. The second-order valence-electron chi connectivity index (χ2n) is 15.6. The van der Waals surface area contributed by atoms with Gasteiger partial charge in [0, 0.05) is 38.5 Å². The number of aromatic nitrogens is 4. The molecule has 0 aliphatic rings. The van der Waals surface area contributed by atoms with Gasteiger partial charge in [-0.2, -0.15) is 0 Å². The van der Waals surface area contributed by atoms with Gasteiger partial charge in [-0.05, 0) is 85.6 Å². The van der Waals surface area contributed by atoms with Gasteiger partial charge in [-0.25, -0.2) is 15.0 Å². The summed E-state index contributed by atoms with van der Waals surface area (Å²) in [6.07, 6.45) is 0. The van der Waals surface area contributed by atoms with Gasteiger partial charge in [-0.15, -0.1) is 0 Å². The van der Waals surface area contributed by atoms with Gasteiger partial charge in [0.25, 0.3) is 0 Å². The number of rotatable bonds is 6. The lowest BCUT2D eigenvalue weighted by molar-refractivity contribution is 1.07. The van der Waals surface area contributed by atoms with Crippen LogP contribution in [0.2, 0.25) is 0 Å². The Morgan fingerprint density at radius 2 is 0.852 bits per heavy atom. The zero-order valence-corrected chi connectivity index (χ0v) is 33.1. The van der Waals surface area contributed by atoms with Gasteiger partial charge >= 0.3 is 0 Å². The molecule has 12 aromatic rings. The average molecular weight is 777 g/mol. The Kier molecular flexibility index (Phi) is 8.13. The highest BCUT2D eigenvalue weighted by atomic mass is 15.0. The van der Waals surface area contributed by atoms with E-state index in [1.165, 1.54) is 43.2 Å². The van der Waals surface area contributed by atoms with E-state index < -0.39 is 0 Å². The molecule has 0 atom stereocenters. The van der Waals surface area contributed by atoms with E-state index in [-0.39, 0.29) is 0 Å². The molecule has 4 heteroatoms. The van der Waals surface area contributed by atoms with E-state index in [0.717, 1.165) is 55.5 Å². The van der Waals surface area contributed by atoms with Crippen LogP contribution in [0.3, 0.4) is 0 Å². The highest BCUT2D eigenvalue weighted by Crippen LogP contribution is 2.43. The van der Waals surface area contributed by atoms with E-state index in [0.29, 0.717) is 17.5 Å². The van der Waals surface area contributed by atoms with E-state index in [1.54, 1.807) is 0 Å². The standard InChI is InChI=1S/C57H36N4/c1-3-16-38(17-4-1)46-24-13-14-26-48(46)51-36-45(61-53-35-43-23-10-9-22-42(43)34-52(53)49-31-29-39-18-11-12-25-47(39)54(49)61)30-32-50(51)57-59-55(40-19-5-2-6-20-40)58-56(60-57)44-28-27-37-15-7-8-21-41(37)33-44/h1-36H. The Bertz CT molecular complexity index is 3650. The third-order valence-electron chi connectivity index (χ3n) is 12.0. The second kappa shape index (κ2) is 14.3. The summed E-state index contributed by atoms with van der Waals surface area (Å²) in [6.45, 7) is 0. The molecule has 2 aromatic heterocycles. The monoisotopic (exact) mass is 776 g/mol. The minimum Gasteiger partial charge on any atom is -0.309 e. The molecule has 0 amide bonds. The molecule has 61 heavy (non-hydrogen) atoms. The maximum atomic E-state index is 5.33. The van der Waals surface area contributed by atoms with Crippen LogP contribution in [-0.2, 0) is 0 Å². The average Bonchev–Trinajstić information content (AvgIpc) is 3.66. The molecule has 0 bridgehead atoms. The number of nitrogens with zero attached hydrogens (tertiary/aromatic N) is 4. The minimum absolute atomic E-state index is 0.611. The Labute approximate surface area is 352 Å². The maximum absolute atomic E-state index is 5.33. The first-order valence-corrected chi connectivity index (χ1v) is 20.7. The Morgan fingerprint density at radius 3 is 1.62 bits per heavy atom. The maximum Gasteiger partial charge on any atom is 0.164 e. The van der Waals surface area contributed by atoms with Gasteiger partial charge in [-0.1, -0.05) is 182 Å². The predicted octanol–water partition coefficient (Wildman–Crippen LogP) is 14.8. The van der Waals surface area contributed by atoms with Crippen molar-refractivity contribution in [2.45, 2.75) is 0 Å². The van der Waals surface area contributed by atoms with Crippen LogP contribution in [-0.4, -0.2) is 19.5 Å². The lowest BCUT2D eigenvalue weighted by atomic mass is 9.91. The summed E-state index contributed by atoms with van der Waals surface area (Å²) in [6, 6.07) is 77.8. The van der Waals surface area contributed by atoms with Crippen LogP contribution in [0, 0.1) is 0 Å². The lowest BCUT2D eigenvalue weighted by Crippen LogP contribution is -2.02. The van der Waals surface area contributed by atoms with Gasteiger partial charge in [0.05, 0.1) is 11.0 Å². The van der Waals surface area contributed by atoms with Crippen molar-refractivity contribution in [1.29, 1.82) is 0 Å². The van der Waals surface area contributed by atoms with Crippen LogP contribution >= 0.6 is 0 Å². The smallest absolute Gasteiger partial charge is 0.164 e. The summed E-state index contributed by atoms with van der Waals surface area (Å²) in [7, 11) is 0. The molecule has 0 unspecified atom stereocenters. The summed E-state index contributed by atoms with van der Waals surface area (Å²) in [4.78, 5) is 15.7. The molecule has 4 nitrogen and oxygen atoms in total. The molecule has 0 saturated carbocycles. The Morgan fingerprint density at radius 1 is 0.279 bits per heavy atom. The van der Waals surface area contributed by atoms with Crippen LogP contribution in [0.5, 0.6) is 0 Å². The highest BCUT2D eigenvalue weighted by molar-refractivity contribution is 6.20. The molecular weight excluding hydrogens is 741 g/mol. The molecule has 0 aliphatic heterocycles. The minimum atomic E-state index is 0.611. The van der Waals surface area contributed by atoms with Crippen LogP contribution in [0.15, 0.2) is 218 Å². The molecule has 10 aromatic carbocycles. The van der Waals surface area contributed by atoms with E-state index in [4.69, 9.17) is 15.0 Å². The first-order valence-electron chi connectivity index (χ1n) is 20.7. The van der Waals surface area contributed by atoms with Crippen molar-refractivity contribution in [2.75, 3.05) is 0 Å². The topological polar surface area (TPSA) is 43.6 Å². The molecule has 0 radical (unpaired) electrons. The van der Waals surface area contributed by atoms with E-state index >= 15 is 0 Å². The predicted molar refractivity (Wildman–Crippen MR) is 254 cm³/mol. The quantitative estimate of drug-likeness (QED) is 0.169. The molecule has 0 fully saturated rings. The summed E-state index contributed by atoms with van der Waals surface area (Å²) in [5, 5.41) is 9.59. The first kappa shape index (κ1) is 34.8. The summed E-state index contributed by atoms with van der Waals surface area (Å²) in [5.74, 6) is 1.86. The van der Waals surface area contributed by atoms with E-state index in [9.17, 15) is 0 Å². The van der Waals surface area contributed by atoms with Gasteiger partial charge in [0.1, 0.15) is 0 Å². The molecule has 284 valence electrons. The SMILES string of the molecule is c1ccc(-c2nc(-c3ccc4ccccc4c3)nc(-c3ccc(-n4c5cc6ccccc6cc5c5ccc6ccccc6c54)cc3-c3ccccc3-c3ccccc3)n2)cc1. The van der Waals surface area contributed by atoms with Gasteiger partial charge < -0.3 is 4.57 Å². The Hall–Kier alpha value is -8.21. The van der Waals surface area contributed by atoms with Crippen LogP contribution in [0.1, 0.15) is 0 Å². The fourth-order valence-corrected chi connectivity index (χ4v) is 9.08. The summed E-state index contributed by atoms with van der Waals surface area (Å²) < 4.78 is 2.46. The van der Waals surface area contributed by atoms with Gasteiger partial charge in [0.15, 0.2) is 17.5 Å². The van der Waals surface area contributed by atoms with Crippen LogP contribution in [0.4, 0.5) is 0 Å². The molecule has 0 aliphatic carbocycles.